The molecule has 2 heterocycles. The van der Waals surface area contributed by atoms with E-state index < -0.39 is 18.4 Å². The molecular weight excluding hydrogens is 487 g/mol. The lowest BCUT2D eigenvalue weighted by Gasteiger charge is -2.29. The molecule has 0 amide bonds. The maximum Gasteiger partial charge on any atom is 0.163 e. The number of nitrogens with zero attached hydrogens (tertiary/aromatic N) is 3. The van der Waals surface area contributed by atoms with Gasteiger partial charge in [-0.15, -0.1) is 0 Å². The van der Waals surface area contributed by atoms with E-state index in [1.807, 2.05) is 26.8 Å². The van der Waals surface area contributed by atoms with Crippen molar-refractivity contribution in [2.45, 2.75) is 39.2 Å². The third-order valence-electron chi connectivity index (χ3n) is 5.39. The predicted molar refractivity (Wildman–Crippen MR) is 133 cm³/mol. The first-order valence-corrected chi connectivity index (χ1v) is 11.8. The number of hydrogen-bond acceptors (Lipinski definition) is 6. The van der Waals surface area contributed by atoms with Crippen LogP contribution in [-0.4, -0.2) is 47.1 Å². The first kappa shape index (κ1) is 20.0. The highest BCUT2D eigenvalue weighted by atomic mass is 79.9. The number of hydrogen-bond donors (Lipinski definition) is 1. The Balaban J connectivity index is 1.59. The summed E-state index contributed by atoms with van der Waals surface area (Å²) in [5.41, 5.74) is 0.427. The van der Waals surface area contributed by atoms with Gasteiger partial charge in [0.1, 0.15) is 23.6 Å². The van der Waals surface area contributed by atoms with Crippen LogP contribution in [0.25, 0.3) is 10.9 Å². The van der Waals surface area contributed by atoms with Gasteiger partial charge in [0, 0.05) is 20.0 Å². The monoisotopic (exact) mass is 519 g/mol. The number of aromatic nitrogens is 2. The summed E-state index contributed by atoms with van der Waals surface area (Å²) in [6.07, 6.45) is 2.91. The zero-order chi connectivity index (χ0) is 26.1. The highest BCUT2D eigenvalue weighted by Crippen LogP contribution is 2.37. The van der Waals surface area contributed by atoms with Gasteiger partial charge in [0.05, 0.1) is 17.8 Å². The Morgan fingerprint density at radius 3 is 2.67 bits per heavy atom. The lowest BCUT2D eigenvalue weighted by molar-refractivity contribution is 0.116. The highest BCUT2D eigenvalue weighted by Gasteiger charge is 2.21. The SMILES string of the molecule is [2H]C([2H])([2H])N1CCC(COc2cc3ncnc(Nc4ccc(Br)cc4F)c3cc2OC(C)(C)C)CC1. The number of ether oxygens (including phenoxy) is 2. The van der Waals surface area contributed by atoms with Crippen molar-refractivity contribution in [3.8, 4) is 11.5 Å². The highest BCUT2D eigenvalue weighted by molar-refractivity contribution is 9.10. The molecule has 6 nitrogen and oxygen atoms in total. The van der Waals surface area contributed by atoms with E-state index in [1.165, 1.54) is 17.3 Å². The van der Waals surface area contributed by atoms with E-state index in [1.54, 1.807) is 18.2 Å². The van der Waals surface area contributed by atoms with E-state index in [0.29, 0.717) is 58.1 Å². The van der Waals surface area contributed by atoms with Gasteiger partial charge in [0.15, 0.2) is 11.5 Å². The molecule has 0 atom stereocenters. The molecule has 0 aliphatic carbocycles. The molecule has 0 bridgehead atoms. The molecule has 0 radical (unpaired) electrons. The summed E-state index contributed by atoms with van der Waals surface area (Å²) in [7, 11) is 0. The van der Waals surface area contributed by atoms with Gasteiger partial charge in [-0.1, -0.05) is 15.9 Å². The van der Waals surface area contributed by atoms with Gasteiger partial charge < -0.3 is 19.7 Å². The van der Waals surface area contributed by atoms with E-state index in [4.69, 9.17) is 13.6 Å². The Hall–Kier alpha value is -2.45. The van der Waals surface area contributed by atoms with E-state index in [2.05, 4.69) is 31.2 Å². The first-order valence-electron chi connectivity index (χ1n) is 12.5. The minimum absolute atomic E-state index is 0.241. The van der Waals surface area contributed by atoms with Crippen molar-refractivity contribution in [1.29, 1.82) is 0 Å². The quantitative estimate of drug-likeness (QED) is 0.420. The van der Waals surface area contributed by atoms with E-state index in [0.717, 1.165) is 12.8 Å². The largest absolute Gasteiger partial charge is 0.489 e. The van der Waals surface area contributed by atoms with Crippen LogP contribution >= 0.6 is 15.9 Å². The average molecular weight is 520 g/mol. The molecule has 1 N–H and O–H groups in total. The van der Waals surface area contributed by atoms with Gasteiger partial charge in [-0.2, -0.15) is 0 Å². The van der Waals surface area contributed by atoms with Crippen LogP contribution < -0.4 is 14.8 Å². The van der Waals surface area contributed by atoms with Gasteiger partial charge in [-0.25, -0.2) is 14.4 Å². The number of fused-ring (bicyclic) bond motifs is 1. The molecular formula is C25H30BrFN4O2. The van der Waals surface area contributed by atoms with Crippen LogP contribution in [-0.2, 0) is 0 Å². The molecule has 1 aliphatic heterocycles. The Bertz CT molecular complexity index is 1230. The fourth-order valence-corrected chi connectivity index (χ4v) is 4.04. The smallest absolute Gasteiger partial charge is 0.163 e. The minimum Gasteiger partial charge on any atom is -0.489 e. The predicted octanol–water partition coefficient (Wildman–Crippen LogP) is 6.17. The molecule has 33 heavy (non-hydrogen) atoms. The molecule has 1 saturated heterocycles. The van der Waals surface area contributed by atoms with Crippen molar-refractivity contribution < 1.29 is 18.0 Å². The van der Waals surface area contributed by atoms with Crippen LogP contribution in [0.3, 0.4) is 0 Å². The third-order valence-corrected chi connectivity index (χ3v) is 5.88. The second kappa shape index (κ2) is 9.81. The molecule has 0 spiro atoms. The zero-order valence-electron chi connectivity index (χ0n) is 22.0. The lowest BCUT2D eigenvalue weighted by atomic mass is 9.98. The van der Waals surface area contributed by atoms with Crippen LogP contribution in [0, 0.1) is 11.7 Å². The summed E-state index contributed by atoms with van der Waals surface area (Å²) in [4.78, 5) is 10.3. The lowest BCUT2D eigenvalue weighted by Crippen LogP contribution is -2.32. The van der Waals surface area contributed by atoms with Crippen molar-refractivity contribution in [3.63, 3.8) is 0 Å². The summed E-state index contributed by atoms with van der Waals surface area (Å²) in [5, 5.41) is 3.72. The zero-order valence-corrected chi connectivity index (χ0v) is 20.6. The van der Waals surface area contributed by atoms with Crippen molar-refractivity contribution in [2.24, 2.45) is 5.92 Å². The second-order valence-electron chi connectivity index (χ2n) is 9.24. The molecule has 4 rings (SSSR count). The summed E-state index contributed by atoms with van der Waals surface area (Å²) in [6.45, 7) is 5.27. The number of benzene rings is 2. The second-order valence-corrected chi connectivity index (χ2v) is 10.2. The number of likely N-dealkylation sites (tertiary alicyclic amines) is 1. The maximum atomic E-state index is 14.5. The topological polar surface area (TPSA) is 59.5 Å². The van der Waals surface area contributed by atoms with E-state index in [-0.39, 0.29) is 5.92 Å². The fraction of sp³-hybridized carbons (Fsp3) is 0.440. The van der Waals surface area contributed by atoms with Crippen LogP contribution in [0.5, 0.6) is 11.5 Å². The molecule has 2 aromatic carbocycles. The van der Waals surface area contributed by atoms with Gasteiger partial charge in [0.2, 0.25) is 0 Å². The van der Waals surface area contributed by atoms with Crippen molar-refractivity contribution in [3.05, 3.63) is 46.9 Å². The summed E-state index contributed by atoms with van der Waals surface area (Å²) in [6, 6.07) is 8.38. The van der Waals surface area contributed by atoms with Gasteiger partial charge in [-0.05, 0) is 83.9 Å². The average Bonchev–Trinajstić information content (AvgIpc) is 2.78. The number of halogens is 2. The van der Waals surface area contributed by atoms with Crippen LogP contribution in [0.1, 0.15) is 37.7 Å². The normalized spacial score (nSPS) is 17.3. The first-order chi connectivity index (χ1) is 16.9. The molecule has 0 unspecified atom stereocenters. The van der Waals surface area contributed by atoms with Crippen molar-refractivity contribution in [1.82, 2.24) is 14.9 Å². The summed E-state index contributed by atoms with van der Waals surface area (Å²) >= 11 is 3.27. The van der Waals surface area contributed by atoms with Crippen LogP contribution in [0.4, 0.5) is 15.9 Å². The molecule has 1 aliphatic rings. The number of nitrogens with one attached hydrogen (secondary N) is 1. The van der Waals surface area contributed by atoms with E-state index in [9.17, 15) is 4.39 Å². The van der Waals surface area contributed by atoms with Crippen LogP contribution in [0.2, 0.25) is 0 Å². The van der Waals surface area contributed by atoms with Crippen molar-refractivity contribution >= 4 is 38.3 Å². The maximum absolute atomic E-state index is 14.5. The van der Waals surface area contributed by atoms with Gasteiger partial charge in [0.25, 0.3) is 0 Å². The molecule has 0 saturated carbocycles. The third kappa shape index (κ3) is 6.12. The van der Waals surface area contributed by atoms with E-state index >= 15 is 0 Å². The Labute approximate surface area is 206 Å². The number of anilines is 2. The molecule has 1 fully saturated rings. The number of rotatable bonds is 6. The van der Waals surface area contributed by atoms with Gasteiger partial charge in [-0.3, -0.25) is 0 Å². The minimum atomic E-state index is -2.05. The molecule has 176 valence electrons. The Morgan fingerprint density at radius 2 is 1.97 bits per heavy atom. The Morgan fingerprint density at radius 1 is 1.18 bits per heavy atom. The van der Waals surface area contributed by atoms with Gasteiger partial charge >= 0.3 is 0 Å². The number of piperidine rings is 1. The fourth-order valence-electron chi connectivity index (χ4n) is 3.71. The summed E-state index contributed by atoms with van der Waals surface area (Å²) in [5.74, 6) is 1.36. The van der Waals surface area contributed by atoms with Crippen LogP contribution in [0.15, 0.2) is 41.1 Å². The standard InChI is InChI=1S/C25H30BrFN4O2/c1-25(2,3)33-23-12-18-21(13-22(23)32-14-16-7-9-31(4)10-8-16)28-15-29-24(18)30-20-6-5-17(26)11-19(20)27/h5-6,11-13,15-16H,7-10,14H2,1-4H3,(H,28,29,30)/i4D3. The molecule has 1 aromatic heterocycles. The molecule has 8 heteroatoms. The van der Waals surface area contributed by atoms with Crippen molar-refractivity contribution in [2.75, 3.05) is 32.0 Å². The Kier molecular flexibility index (Phi) is 5.94. The molecule has 3 aromatic rings. The summed E-state index contributed by atoms with van der Waals surface area (Å²) < 4.78 is 50.3.